The predicted octanol–water partition coefficient (Wildman–Crippen LogP) is 4.30. The SMILES string of the molecule is Cn1cc(C2CCCC2)c2ccc(C(=O)OBr)cc21. The van der Waals surface area contributed by atoms with E-state index in [2.05, 4.69) is 30.9 Å². The molecule has 1 aliphatic carbocycles. The van der Waals surface area contributed by atoms with E-state index in [4.69, 9.17) is 0 Å². The molecule has 1 fully saturated rings. The monoisotopic (exact) mass is 321 g/mol. The highest BCUT2D eigenvalue weighted by atomic mass is 79.9. The van der Waals surface area contributed by atoms with Crippen LogP contribution in [0.1, 0.15) is 47.5 Å². The summed E-state index contributed by atoms with van der Waals surface area (Å²) in [7, 11) is 2.03. The van der Waals surface area contributed by atoms with Gasteiger partial charge in [0.05, 0.1) is 5.56 Å². The van der Waals surface area contributed by atoms with E-state index in [-0.39, 0.29) is 5.97 Å². The first kappa shape index (κ1) is 12.7. The molecule has 1 saturated carbocycles. The molecule has 0 spiro atoms. The molecule has 0 saturated heterocycles. The lowest BCUT2D eigenvalue weighted by molar-refractivity contribution is 0.0782. The predicted molar refractivity (Wildman–Crippen MR) is 78.5 cm³/mol. The van der Waals surface area contributed by atoms with Crippen LogP contribution in [0.15, 0.2) is 24.4 Å². The van der Waals surface area contributed by atoms with Gasteiger partial charge in [0.2, 0.25) is 0 Å². The minimum absolute atomic E-state index is 0.356. The maximum Gasteiger partial charge on any atom is 0.349 e. The largest absolute Gasteiger partial charge is 0.380 e. The molecular weight excluding hydrogens is 306 g/mol. The number of nitrogens with zero attached hydrogens (tertiary/aromatic N) is 1. The Kier molecular flexibility index (Phi) is 3.35. The smallest absolute Gasteiger partial charge is 0.349 e. The summed E-state index contributed by atoms with van der Waals surface area (Å²) < 4.78 is 6.70. The molecule has 0 N–H and O–H groups in total. The Morgan fingerprint density at radius 2 is 2.11 bits per heavy atom. The first-order valence-electron chi connectivity index (χ1n) is 6.62. The topological polar surface area (TPSA) is 31.2 Å². The van der Waals surface area contributed by atoms with Crippen LogP contribution in [0.3, 0.4) is 0 Å². The second kappa shape index (κ2) is 5.00. The molecule has 0 amide bonds. The fourth-order valence-electron chi connectivity index (χ4n) is 3.15. The van der Waals surface area contributed by atoms with Crippen LogP contribution in [-0.2, 0) is 10.9 Å². The Morgan fingerprint density at radius 3 is 2.79 bits per heavy atom. The third-order valence-electron chi connectivity index (χ3n) is 4.12. The van der Waals surface area contributed by atoms with Gasteiger partial charge in [-0.1, -0.05) is 18.9 Å². The Morgan fingerprint density at radius 1 is 1.37 bits per heavy atom. The van der Waals surface area contributed by atoms with Crippen molar-refractivity contribution in [3.05, 3.63) is 35.5 Å². The number of halogens is 1. The number of aromatic nitrogens is 1. The van der Waals surface area contributed by atoms with Crippen LogP contribution in [0.5, 0.6) is 0 Å². The summed E-state index contributed by atoms with van der Waals surface area (Å²) in [6, 6.07) is 5.78. The minimum Gasteiger partial charge on any atom is -0.380 e. The molecule has 19 heavy (non-hydrogen) atoms. The van der Waals surface area contributed by atoms with Gasteiger partial charge in [-0.05, 0) is 36.5 Å². The van der Waals surface area contributed by atoms with Crippen LogP contribution in [0.25, 0.3) is 10.9 Å². The molecule has 3 rings (SSSR count). The molecule has 1 aliphatic rings. The number of rotatable bonds is 2. The number of hydrogen-bond acceptors (Lipinski definition) is 2. The molecule has 2 aromatic rings. The maximum atomic E-state index is 11.6. The van der Waals surface area contributed by atoms with E-state index in [1.165, 1.54) is 36.6 Å². The average molecular weight is 322 g/mol. The number of benzene rings is 1. The summed E-state index contributed by atoms with van der Waals surface area (Å²) in [5.41, 5.74) is 3.09. The molecule has 0 unspecified atom stereocenters. The van der Waals surface area contributed by atoms with Crippen molar-refractivity contribution in [1.29, 1.82) is 0 Å². The lowest BCUT2D eigenvalue weighted by Gasteiger charge is -2.07. The molecule has 4 heteroatoms. The number of fused-ring (bicyclic) bond motifs is 1. The van der Waals surface area contributed by atoms with Gasteiger partial charge in [0.25, 0.3) is 0 Å². The number of carbonyl (C=O) groups is 1. The van der Waals surface area contributed by atoms with Crippen LogP contribution in [0.2, 0.25) is 0 Å². The van der Waals surface area contributed by atoms with E-state index >= 15 is 0 Å². The van der Waals surface area contributed by atoms with Crippen molar-refractivity contribution >= 4 is 33.1 Å². The number of carbonyl (C=O) groups excluding carboxylic acids is 1. The highest BCUT2D eigenvalue weighted by Gasteiger charge is 2.21. The summed E-state index contributed by atoms with van der Waals surface area (Å²) in [6.45, 7) is 0. The zero-order chi connectivity index (χ0) is 13.4. The number of aryl methyl sites for hydroxylation is 1. The van der Waals surface area contributed by atoms with E-state index in [0.29, 0.717) is 11.5 Å². The molecule has 0 bridgehead atoms. The van der Waals surface area contributed by atoms with Crippen molar-refractivity contribution < 1.29 is 8.62 Å². The molecule has 0 atom stereocenters. The molecule has 0 aliphatic heterocycles. The van der Waals surface area contributed by atoms with Gasteiger partial charge in [0, 0.05) is 24.1 Å². The van der Waals surface area contributed by atoms with Crippen molar-refractivity contribution in [3.63, 3.8) is 0 Å². The van der Waals surface area contributed by atoms with Crippen molar-refractivity contribution in [2.75, 3.05) is 0 Å². The average Bonchev–Trinajstić information content (AvgIpc) is 3.06. The zero-order valence-electron chi connectivity index (χ0n) is 10.9. The molecule has 1 aromatic heterocycles. The fraction of sp³-hybridized carbons (Fsp3) is 0.400. The van der Waals surface area contributed by atoms with Crippen LogP contribution in [-0.4, -0.2) is 10.5 Å². The molecule has 3 nitrogen and oxygen atoms in total. The van der Waals surface area contributed by atoms with Crippen LogP contribution < -0.4 is 0 Å². The van der Waals surface area contributed by atoms with Gasteiger partial charge in [-0.25, -0.2) is 4.79 Å². The fourth-order valence-corrected chi connectivity index (χ4v) is 3.34. The Hall–Kier alpha value is -1.29. The molecule has 0 radical (unpaired) electrons. The van der Waals surface area contributed by atoms with Gasteiger partial charge in [0.15, 0.2) is 16.3 Å². The third kappa shape index (κ3) is 2.18. The standard InChI is InChI=1S/C15H16BrNO2/c1-17-9-13(10-4-2-3-5-10)12-7-6-11(8-14(12)17)15(18)19-16/h6-10H,2-5H2,1H3. The summed E-state index contributed by atoms with van der Waals surface area (Å²) >= 11 is 2.74. The van der Waals surface area contributed by atoms with E-state index < -0.39 is 0 Å². The molecular formula is C15H16BrNO2. The Balaban J connectivity index is 2.09. The van der Waals surface area contributed by atoms with Crippen molar-refractivity contribution in [2.24, 2.45) is 7.05 Å². The summed E-state index contributed by atoms with van der Waals surface area (Å²) in [5.74, 6) is 0.322. The number of hydrogen-bond donors (Lipinski definition) is 0. The minimum atomic E-state index is -0.356. The summed E-state index contributed by atoms with van der Waals surface area (Å²) in [4.78, 5) is 11.6. The van der Waals surface area contributed by atoms with Crippen molar-refractivity contribution in [3.8, 4) is 0 Å². The third-order valence-corrected chi connectivity index (χ3v) is 4.42. The van der Waals surface area contributed by atoms with Gasteiger partial charge in [-0.15, -0.1) is 0 Å². The summed E-state index contributed by atoms with van der Waals surface area (Å²) in [5, 5.41) is 1.26. The van der Waals surface area contributed by atoms with Crippen LogP contribution >= 0.6 is 16.3 Å². The lowest BCUT2D eigenvalue weighted by atomic mass is 9.97. The molecule has 1 aromatic carbocycles. The quantitative estimate of drug-likeness (QED) is 0.825. The highest BCUT2D eigenvalue weighted by Crippen LogP contribution is 2.38. The Bertz CT molecular complexity index is 626. The van der Waals surface area contributed by atoms with Gasteiger partial charge in [0.1, 0.15) is 0 Å². The Labute approximate surface area is 121 Å². The van der Waals surface area contributed by atoms with Gasteiger partial charge in [-0.3, -0.25) is 0 Å². The zero-order valence-corrected chi connectivity index (χ0v) is 12.4. The van der Waals surface area contributed by atoms with E-state index in [1.54, 1.807) is 0 Å². The highest BCUT2D eigenvalue weighted by molar-refractivity contribution is 9.06. The molecule has 100 valence electrons. The second-order valence-electron chi connectivity index (χ2n) is 5.27. The van der Waals surface area contributed by atoms with Crippen LogP contribution in [0.4, 0.5) is 0 Å². The first-order valence-corrected chi connectivity index (χ1v) is 7.27. The normalized spacial score (nSPS) is 16.1. The molecule has 1 heterocycles. The van der Waals surface area contributed by atoms with Gasteiger partial charge in [-0.2, -0.15) is 0 Å². The van der Waals surface area contributed by atoms with E-state index in [9.17, 15) is 4.79 Å². The van der Waals surface area contributed by atoms with E-state index in [0.717, 1.165) is 5.52 Å². The summed E-state index contributed by atoms with van der Waals surface area (Å²) in [6.07, 6.45) is 7.43. The van der Waals surface area contributed by atoms with Crippen molar-refractivity contribution in [2.45, 2.75) is 31.6 Å². The van der Waals surface area contributed by atoms with Gasteiger partial charge >= 0.3 is 5.97 Å². The lowest BCUT2D eigenvalue weighted by Crippen LogP contribution is -1.98. The van der Waals surface area contributed by atoms with Crippen LogP contribution in [0, 0.1) is 0 Å². The van der Waals surface area contributed by atoms with E-state index in [1.807, 2.05) is 25.2 Å². The second-order valence-corrected chi connectivity index (χ2v) is 5.60. The van der Waals surface area contributed by atoms with Gasteiger partial charge < -0.3 is 8.40 Å². The maximum absolute atomic E-state index is 11.6. The first-order chi connectivity index (χ1) is 9.20. The van der Waals surface area contributed by atoms with Crippen molar-refractivity contribution in [1.82, 2.24) is 4.57 Å².